The van der Waals surface area contributed by atoms with Crippen molar-refractivity contribution in [3.05, 3.63) is 35.4 Å². The lowest BCUT2D eigenvalue weighted by molar-refractivity contribution is 0.298. The fourth-order valence-electron chi connectivity index (χ4n) is 2.14. The van der Waals surface area contributed by atoms with Gasteiger partial charge in [0.15, 0.2) is 0 Å². The van der Waals surface area contributed by atoms with Crippen LogP contribution in [0.2, 0.25) is 0 Å². The second kappa shape index (κ2) is 8.28. The molecule has 1 unspecified atom stereocenters. The van der Waals surface area contributed by atoms with Gasteiger partial charge in [0, 0.05) is 19.1 Å². The fraction of sp³-hybridized carbons (Fsp3) is 0.625. The summed E-state index contributed by atoms with van der Waals surface area (Å²) in [4.78, 5) is 2.44. The molecule has 102 valence electrons. The zero-order chi connectivity index (χ0) is 13.4. The Kier molecular flexibility index (Phi) is 6.99. The van der Waals surface area contributed by atoms with Gasteiger partial charge in [-0.1, -0.05) is 45.0 Å². The summed E-state index contributed by atoms with van der Waals surface area (Å²) >= 11 is 0. The van der Waals surface area contributed by atoms with Crippen LogP contribution in [0.5, 0.6) is 0 Å². The third-order valence-electron chi connectivity index (χ3n) is 3.66. The van der Waals surface area contributed by atoms with E-state index in [4.69, 9.17) is 0 Å². The molecule has 1 N–H and O–H groups in total. The van der Waals surface area contributed by atoms with Crippen molar-refractivity contribution < 1.29 is 0 Å². The molecule has 0 radical (unpaired) electrons. The highest BCUT2D eigenvalue weighted by Crippen LogP contribution is 2.13. The molecule has 0 saturated heterocycles. The summed E-state index contributed by atoms with van der Waals surface area (Å²) in [6, 6.07) is 9.39. The van der Waals surface area contributed by atoms with Gasteiger partial charge in [0.25, 0.3) is 0 Å². The highest BCUT2D eigenvalue weighted by molar-refractivity contribution is 5.24. The molecule has 0 spiro atoms. The van der Waals surface area contributed by atoms with Gasteiger partial charge in [-0.2, -0.15) is 0 Å². The number of hydrogen-bond donors (Lipinski definition) is 1. The monoisotopic (exact) mass is 248 g/mol. The maximum Gasteiger partial charge on any atom is 0.0292 e. The normalized spacial score (nSPS) is 12.9. The van der Waals surface area contributed by atoms with E-state index in [2.05, 4.69) is 62.2 Å². The summed E-state index contributed by atoms with van der Waals surface area (Å²) in [5.41, 5.74) is 2.79. The second-order valence-corrected chi connectivity index (χ2v) is 4.80. The smallest absolute Gasteiger partial charge is 0.0292 e. The number of benzene rings is 1. The van der Waals surface area contributed by atoms with Crippen molar-refractivity contribution in [3.8, 4) is 0 Å². The average molecular weight is 248 g/mol. The molecule has 0 amide bonds. The summed E-state index contributed by atoms with van der Waals surface area (Å²) in [6.45, 7) is 13.3. The summed E-state index contributed by atoms with van der Waals surface area (Å²) in [7, 11) is 0. The number of nitrogens with zero attached hydrogens (tertiary/aromatic N) is 1. The maximum atomic E-state index is 3.59. The number of hydrogen-bond acceptors (Lipinski definition) is 2. The zero-order valence-electron chi connectivity index (χ0n) is 12.4. The second-order valence-electron chi connectivity index (χ2n) is 4.80. The summed E-state index contributed by atoms with van der Waals surface area (Å²) in [6.07, 6.45) is 1.12. The Morgan fingerprint density at radius 1 is 1.06 bits per heavy atom. The minimum atomic E-state index is 0.437. The van der Waals surface area contributed by atoms with Crippen LogP contribution in [-0.4, -0.2) is 31.1 Å². The van der Waals surface area contributed by atoms with E-state index >= 15 is 0 Å². The molecule has 0 saturated carbocycles. The third kappa shape index (κ3) is 4.79. The Morgan fingerprint density at radius 3 is 2.17 bits per heavy atom. The van der Waals surface area contributed by atoms with Gasteiger partial charge in [-0.25, -0.2) is 0 Å². The average Bonchev–Trinajstić information content (AvgIpc) is 2.43. The van der Waals surface area contributed by atoms with E-state index in [1.807, 2.05) is 0 Å². The molecule has 18 heavy (non-hydrogen) atoms. The van der Waals surface area contributed by atoms with Gasteiger partial charge >= 0.3 is 0 Å². The maximum absolute atomic E-state index is 3.59. The van der Waals surface area contributed by atoms with Crippen molar-refractivity contribution in [3.63, 3.8) is 0 Å². The van der Waals surface area contributed by atoms with E-state index in [0.717, 1.165) is 32.6 Å². The van der Waals surface area contributed by atoms with Crippen molar-refractivity contribution in [2.75, 3.05) is 26.2 Å². The zero-order valence-corrected chi connectivity index (χ0v) is 12.4. The van der Waals surface area contributed by atoms with Crippen molar-refractivity contribution >= 4 is 0 Å². The summed E-state index contributed by atoms with van der Waals surface area (Å²) in [5, 5.41) is 3.59. The van der Waals surface area contributed by atoms with E-state index in [1.54, 1.807) is 0 Å². The Labute approximate surface area is 112 Å². The van der Waals surface area contributed by atoms with Crippen LogP contribution in [0.15, 0.2) is 24.3 Å². The van der Waals surface area contributed by atoms with E-state index in [1.165, 1.54) is 11.1 Å². The van der Waals surface area contributed by atoms with Crippen LogP contribution in [0.25, 0.3) is 0 Å². The van der Waals surface area contributed by atoms with Crippen molar-refractivity contribution in [2.24, 2.45) is 0 Å². The molecule has 1 aromatic rings. The lowest BCUT2D eigenvalue weighted by Gasteiger charge is -2.20. The Morgan fingerprint density at radius 2 is 1.67 bits per heavy atom. The highest BCUT2D eigenvalue weighted by Gasteiger charge is 2.05. The van der Waals surface area contributed by atoms with E-state index in [9.17, 15) is 0 Å². The predicted octanol–water partition coefficient (Wildman–Crippen LogP) is 3.24. The van der Waals surface area contributed by atoms with E-state index in [0.29, 0.717) is 6.04 Å². The van der Waals surface area contributed by atoms with Crippen LogP contribution >= 0.6 is 0 Å². The van der Waals surface area contributed by atoms with Gasteiger partial charge < -0.3 is 10.2 Å². The van der Waals surface area contributed by atoms with Crippen LogP contribution in [0.3, 0.4) is 0 Å². The van der Waals surface area contributed by atoms with Gasteiger partial charge in [-0.15, -0.1) is 0 Å². The molecule has 2 nitrogen and oxygen atoms in total. The number of rotatable bonds is 8. The first-order valence-electron chi connectivity index (χ1n) is 7.25. The molecule has 1 aromatic carbocycles. The standard InChI is InChI=1S/C16H28N2/c1-5-15-8-10-16(11-9-15)14(4)17-12-13-18(6-2)7-3/h8-11,14,17H,5-7,12-13H2,1-4H3. The molecule has 0 fully saturated rings. The molecule has 0 aliphatic carbocycles. The van der Waals surface area contributed by atoms with Gasteiger partial charge in [0.05, 0.1) is 0 Å². The van der Waals surface area contributed by atoms with Crippen LogP contribution in [0.4, 0.5) is 0 Å². The largest absolute Gasteiger partial charge is 0.309 e. The lowest BCUT2D eigenvalue weighted by atomic mass is 10.1. The molecule has 1 rings (SSSR count). The first kappa shape index (κ1) is 15.2. The minimum Gasteiger partial charge on any atom is -0.309 e. The van der Waals surface area contributed by atoms with Crippen LogP contribution < -0.4 is 5.32 Å². The van der Waals surface area contributed by atoms with Gasteiger partial charge in [0.2, 0.25) is 0 Å². The number of likely N-dealkylation sites (N-methyl/N-ethyl adjacent to an activating group) is 1. The SMILES string of the molecule is CCc1ccc(C(C)NCCN(CC)CC)cc1. The molecule has 1 atom stereocenters. The molecular formula is C16H28N2. The summed E-state index contributed by atoms with van der Waals surface area (Å²) in [5.74, 6) is 0. The highest BCUT2D eigenvalue weighted by atomic mass is 15.1. The first-order valence-corrected chi connectivity index (χ1v) is 7.25. The quantitative estimate of drug-likeness (QED) is 0.760. The van der Waals surface area contributed by atoms with Gasteiger partial charge in [0.1, 0.15) is 0 Å². The van der Waals surface area contributed by atoms with Crippen LogP contribution in [0, 0.1) is 0 Å². The van der Waals surface area contributed by atoms with Crippen LogP contribution in [0.1, 0.15) is 44.9 Å². The Hall–Kier alpha value is -0.860. The molecule has 0 aliphatic rings. The Bertz CT molecular complexity index is 314. The molecule has 0 heterocycles. The van der Waals surface area contributed by atoms with Crippen molar-refractivity contribution in [1.29, 1.82) is 0 Å². The van der Waals surface area contributed by atoms with Crippen molar-refractivity contribution in [2.45, 2.75) is 40.2 Å². The fourth-order valence-corrected chi connectivity index (χ4v) is 2.14. The molecule has 2 heteroatoms. The number of aryl methyl sites for hydroxylation is 1. The van der Waals surface area contributed by atoms with Crippen molar-refractivity contribution in [1.82, 2.24) is 10.2 Å². The van der Waals surface area contributed by atoms with Gasteiger partial charge in [-0.3, -0.25) is 0 Å². The first-order chi connectivity index (χ1) is 8.71. The minimum absolute atomic E-state index is 0.437. The van der Waals surface area contributed by atoms with Crippen LogP contribution in [-0.2, 0) is 6.42 Å². The van der Waals surface area contributed by atoms with E-state index in [-0.39, 0.29) is 0 Å². The topological polar surface area (TPSA) is 15.3 Å². The van der Waals surface area contributed by atoms with E-state index < -0.39 is 0 Å². The molecule has 0 aromatic heterocycles. The number of nitrogens with one attached hydrogen (secondary N) is 1. The molecule has 0 aliphatic heterocycles. The lowest BCUT2D eigenvalue weighted by Crippen LogP contribution is -2.33. The summed E-state index contributed by atoms with van der Waals surface area (Å²) < 4.78 is 0. The Balaban J connectivity index is 2.37. The predicted molar refractivity (Wildman–Crippen MR) is 80.0 cm³/mol. The molecule has 0 bridgehead atoms. The third-order valence-corrected chi connectivity index (χ3v) is 3.66. The van der Waals surface area contributed by atoms with Gasteiger partial charge in [-0.05, 0) is 37.6 Å². The molecular weight excluding hydrogens is 220 g/mol.